The minimum atomic E-state index is -1.05. The van der Waals surface area contributed by atoms with E-state index in [-0.39, 0.29) is 31.3 Å². The van der Waals surface area contributed by atoms with Gasteiger partial charge in [0.05, 0.1) is 19.6 Å². The Kier molecular flexibility index (Phi) is 7.18. The molecule has 0 radical (unpaired) electrons. The van der Waals surface area contributed by atoms with Crippen LogP contribution in [0.25, 0.3) is 0 Å². The van der Waals surface area contributed by atoms with E-state index in [0.717, 1.165) is 0 Å². The van der Waals surface area contributed by atoms with Crippen molar-refractivity contribution in [1.82, 2.24) is 0 Å². The van der Waals surface area contributed by atoms with E-state index in [4.69, 9.17) is 9.47 Å². The molecule has 0 amide bonds. The molecule has 0 heterocycles. The molecule has 0 aromatic heterocycles. The number of hydrogen-bond acceptors (Lipinski definition) is 5. The van der Waals surface area contributed by atoms with Gasteiger partial charge in [0.25, 0.3) is 0 Å². The Labute approximate surface area is 101 Å². The normalized spacial score (nSPS) is 12.1. The third-order valence-corrected chi connectivity index (χ3v) is 2.16. The SMILES string of the molecule is CCOC(=O)CC(C(=O)OCC)C(=O)C(C)C. The van der Waals surface area contributed by atoms with Crippen molar-refractivity contribution in [3.63, 3.8) is 0 Å². The summed E-state index contributed by atoms with van der Waals surface area (Å²) in [6.45, 7) is 7.09. The molecular formula is C12H20O5. The van der Waals surface area contributed by atoms with Crippen molar-refractivity contribution < 1.29 is 23.9 Å². The lowest BCUT2D eigenvalue weighted by Gasteiger charge is -2.15. The monoisotopic (exact) mass is 244 g/mol. The zero-order chi connectivity index (χ0) is 13.4. The molecule has 1 unspecified atom stereocenters. The standard InChI is InChI=1S/C12H20O5/c1-5-16-10(13)7-9(11(14)8(3)4)12(15)17-6-2/h8-9H,5-7H2,1-4H3. The first-order valence-corrected chi connectivity index (χ1v) is 5.79. The highest BCUT2D eigenvalue weighted by atomic mass is 16.5. The van der Waals surface area contributed by atoms with Crippen LogP contribution in [0, 0.1) is 11.8 Å². The van der Waals surface area contributed by atoms with E-state index in [1.165, 1.54) is 0 Å². The number of ketones is 1. The molecule has 0 spiro atoms. The smallest absolute Gasteiger partial charge is 0.317 e. The van der Waals surface area contributed by atoms with Crippen LogP contribution in [0.4, 0.5) is 0 Å². The molecule has 0 bridgehead atoms. The molecule has 0 aromatic carbocycles. The molecule has 0 fully saturated rings. The molecule has 0 aliphatic heterocycles. The van der Waals surface area contributed by atoms with E-state index in [1.54, 1.807) is 27.7 Å². The predicted octanol–water partition coefficient (Wildman–Crippen LogP) is 1.34. The largest absolute Gasteiger partial charge is 0.466 e. The van der Waals surface area contributed by atoms with Crippen LogP contribution in [0.5, 0.6) is 0 Å². The van der Waals surface area contributed by atoms with Gasteiger partial charge in [-0.15, -0.1) is 0 Å². The van der Waals surface area contributed by atoms with Gasteiger partial charge in [-0.3, -0.25) is 14.4 Å². The molecule has 5 nitrogen and oxygen atoms in total. The predicted molar refractivity (Wildman–Crippen MR) is 61.2 cm³/mol. The molecule has 5 heteroatoms. The van der Waals surface area contributed by atoms with Crippen LogP contribution in [0.15, 0.2) is 0 Å². The van der Waals surface area contributed by atoms with E-state index in [0.29, 0.717) is 0 Å². The summed E-state index contributed by atoms with van der Waals surface area (Å²) in [6.07, 6.45) is -0.246. The Bertz CT molecular complexity index is 283. The molecule has 0 aliphatic carbocycles. The summed E-state index contributed by atoms with van der Waals surface area (Å²) in [7, 11) is 0. The Morgan fingerprint density at radius 1 is 1.00 bits per heavy atom. The average Bonchev–Trinajstić information content (AvgIpc) is 2.25. The molecule has 0 aromatic rings. The molecule has 0 N–H and O–H groups in total. The third kappa shape index (κ3) is 5.47. The quantitative estimate of drug-likeness (QED) is 0.499. The lowest BCUT2D eigenvalue weighted by atomic mass is 9.92. The Morgan fingerprint density at radius 3 is 1.94 bits per heavy atom. The van der Waals surface area contributed by atoms with Crippen LogP contribution in [0.1, 0.15) is 34.1 Å². The highest BCUT2D eigenvalue weighted by Crippen LogP contribution is 2.14. The van der Waals surface area contributed by atoms with Crippen molar-refractivity contribution in [3.05, 3.63) is 0 Å². The Hall–Kier alpha value is -1.39. The first-order valence-electron chi connectivity index (χ1n) is 5.79. The summed E-state index contributed by atoms with van der Waals surface area (Å²) in [6, 6.07) is 0. The van der Waals surface area contributed by atoms with Gasteiger partial charge in [-0.25, -0.2) is 0 Å². The molecule has 1 atom stereocenters. The van der Waals surface area contributed by atoms with Gasteiger partial charge in [0, 0.05) is 5.92 Å². The maximum atomic E-state index is 11.8. The topological polar surface area (TPSA) is 69.7 Å². The second-order valence-corrected chi connectivity index (χ2v) is 3.87. The number of Topliss-reactive ketones (excluding diaryl/α,β-unsaturated/α-hetero) is 1. The van der Waals surface area contributed by atoms with Crippen molar-refractivity contribution in [2.75, 3.05) is 13.2 Å². The van der Waals surface area contributed by atoms with Crippen molar-refractivity contribution in [3.8, 4) is 0 Å². The fraction of sp³-hybridized carbons (Fsp3) is 0.750. The summed E-state index contributed by atoms with van der Waals surface area (Å²) in [4.78, 5) is 34.7. The molecule has 0 rings (SSSR count). The number of carbonyl (C=O) groups is 3. The summed E-state index contributed by atoms with van der Waals surface area (Å²) in [5, 5.41) is 0. The first-order chi connectivity index (χ1) is 7.93. The second kappa shape index (κ2) is 7.81. The van der Waals surface area contributed by atoms with Gasteiger partial charge in [0.1, 0.15) is 11.7 Å². The van der Waals surface area contributed by atoms with Crippen LogP contribution < -0.4 is 0 Å². The second-order valence-electron chi connectivity index (χ2n) is 3.87. The van der Waals surface area contributed by atoms with Gasteiger partial charge in [-0.05, 0) is 13.8 Å². The number of carbonyl (C=O) groups excluding carboxylic acids is 3. The minimum absolute atomic E-state index is 0.184. The van der Waals surface area contributed by atoms with E-state index in [9.17, 15) is 14.4 Å². The summed E-state index contributed by atoms with van der Waals surface area (Å²) < 4.78 is 9.52. The van der Waals surface area contributed by atoms with E-state index >= 15 is 0 Å². The van der Waals surface area contributed by atoms with Crippen molar-refractivity contribution in [1.29, 1.82) is 0 Å². The average molecular weight is 244 g/mol. The number of ether oxygens (including phenoxy) is 2. The van der Waals surface area contributed by atoms with E-state index in [2.05, 4.69) is 0 Å². The Morgan fingerprint density at radius 2 is 1.53 bits per heavy atom. The number of hydrogen-bond donors (Lipinski definition) is 0. The van der Waals surface area contributed by atoms with E-state index < -0.39 is 17.9 Å². The number of rotatable bonds is 7. The lowest BCUT2D eigenvalue weighted by molar-refractivity contribution is -0.158. The van der Waals surface area contributed by atoms with Gasteiger partial charge in [-0.1, -0.05) is 13.8 Å². The Balaban J connectivity index is 4.67. The van der Waals surface area contributed by atoms with E-state index in [1.807, 2.05) is 0 Å². The van der Waals surface area contributed by atoms with Gasteiger partial charge < -0.3 is 9.47 Å². The molecular weight excluding hydrogens is 224 g/mol. The van der Waals surface area contributed by atoms with Crippen molar-refractivity contribution in [2.45, 2.75) is 34.1 Å². The van der Waals surface area contributed by atoms with Crippen LogP contribution >= 0.6 is 0 Å². The summed E-state index contributed by atoms with van der Waals surface area (Å²) in [5.74, 6) is -2.87. The highest BCUT2D eigenvalue weighted by Gasteiger charge is 2.32. The third-order valence-electron chi connectivity index (χ3n) is 2.16. The molecule has 0 saturated heterocycles. The molecule has 17 heavy (non-hydrogen) atoms. The fourth-order valence-electron chi connectivity index (χ4n) is 1.33. The minimum Gasteiger partial charge on any atom is -0.466 e. The van der Waals surface area contributed by atoms with Crippen LogP contribution in [-0.4, -0.2) is 30.9 Å². The summed E-state index contributed by atoms with van der Waals surface area (Å²) in [5.41, 5.74) is 0. The van der Waals surface area contributed by atoms with Gasteiger partial charge in [0.15, 0.2) is 0 Å². The highest BCUT2D eigenvalue weighted by molar-refractivity contribution is 6.02. The fourth-order valence-corrected chi connectivity index (χ4v) is 1.33. The number of esters is 2. The molecule has 0 saturated carbocycles. The van der Waals surface area contributed by atoms with Crippen LogP contribution in [0.2, 0.25) is 0 Å². The maximum Gasteiger partial charge on any atom is 0.317 e. The van der Waals surface area contributed by atoms with Crippen LogP contribution in [-0.2, 0) is 23.9 Å². The van der Waals surface area contributed by atoms with Crippen LogP contribution in [0.3, 0.4) is 0 Å². The van der Waals surface area contributed by atoms with Gasteiger partial charge in [0.2, 0.25) is 0 Å². The van der Waals surface area contributed by atoms with Gasteiger partial charge >= 0.3 is 11.9 Å². The van der Waals surface area contributed by atoms with Crippen molar-refractivity contribution in [2.24, 2.45) is 11.8 Å². The molecule has 98 valence electrons. The van der Waals surface area contributed by atoms with Gasteiger partial charge in [-0.2, -0.15) is 0 Å². The zero-order valence-corrected chi connectivity index (χ0v) is 10.8. The zero-order valence-electron chi connectivity index (χ0n) is 10.8. The lowest BCUT2D eigenvalue weighted by Crippen LogP contribution is -2.32. The first kappa shape index (κ1) is 15.6. The maximum absolute atomic E-state index is 11.8. The summed E-state index contributed by atoms with van der Waals surface area (Å²) >= 11 is 0. The van der Waals surface area contributed by atoms with Crippen molar-refractivity contribution >= 4 is 17.7 Å². The molecule has 0 aliphatic rings.